The van der Waals surface area contributed by atoms with Gasteiger partial charge in [0.2, 0.25) is 0 Å². The molecule has 5 heteroatoms. The van der Waals surface area contributed by atoms with Gasteiger partial charge in [0.05, 0.1) is 18.4 Å². The van der Waals surface area contributed by atoms with Gasteiger partial charge in [-0.2, -0.15) is 0 Å². The average molecular weight is 241 g/mol. The lowest BCUT2D eigenvalue weighted by Gasteiger charge is -2.25. The fourth-order valence-corrected chi connectivity index (χ4v) is 4.47. The van der Waals surface area contributed by atoms with E-state index in [4.69, 9.17) is 20.6 Å². The maximum Gasteiger partial charge on any atom is 0.336 e. The van der Waals surface area contributed by atoms with Gasteiger partial charge in [0, 0.05) is 5.88 Å². The number of rotatable bonds is 7. The first-order valence-electron chi connectivity index (χ1n) is 5.09. The second-order valence-corrected chi connectivity index (χ2v) is 6.33. The van der Waals surface area contributed by atoms with Crippen LogP contribution in [0.15, 0.2) is 0 Å². The molecule has 3 nitrogen and oxygen atoms in total. The highest BCUT2D eigenvalue weighted by Crippen LogP contribution is 2.72. The Morgan fingerprint density at radius 2 is 1.79 bits per heavy atom. The Hall–Kier alpha value is 0.440. The van der Waals surface area contributed by atoms with Crippen molar-refractivity contribution in [3.05, 3.63) is 0 Å². The number of hydrogen-bond donors (Lipinski definition) is 0. The van der Waals surface area contributed by atoms with Crippen molar-refractivity contribution in [1.29, 1.82) is 0 Å². The maximum absolute atomic E-state index is 12.4. The van der Waals surface area contributed by atoms with Gasteiger partial charge in [-0.25, -0.2) is 0 Å². The highest BCUT2D eigenvalue weighted by Gasteiger charge is 2.59. The molecule has 0 amide bonds. The Balaban J connectivity index is 2.71. The van der Waals surface area contributed by atoms with Crippen molar-refractivity contribution in [1.82, 2.24) is 0 Å². The van der Waals surface area contributed by atoms with Crippen molar-refractivity contribution in [2.75, 3.05) is 19.1 Å². The summed E-state index contributed by atoms with van der Waals surface area (Å²) in [5.74, 6) is 0.518. The molecule has 1 saturated carbocycles. The van der Waals surface area contributed by atoms with E-state index in [2.05, 4.69) is 0 Å². The Kier molecular flexibility index (Phi) is 4.45. The van der Waals surface area contributed by atoms with Crippen LogP contribution in [-0.2, 0) is 13.6 Å². The molecule has 1 aliphatic carbocycles. The highest BCUT2D eigenvalue weighted by atomic mass is 35.5. The SMILES string of the molecule is CCOP(=O)(OCC)C1(CCCl)CC1. The molecule has 1 aliphatic rings. The standard InChI is InChI=1S/C9H18ClO3P/c1-3-12-14(11,13-4-2)9(5-6-9)7-8-10/h3-8H2,1-2H3. The minimum Gasteiger partial charge on any atom is -0.308 e. The molecule has 0 radical (unpaired) electrons. The van der Waals surface area contributed by atoms with Crippen LogP contribution in [0.3, 0.4) is 0 Å². The summed E-state index contributed by atoms with van der Waals surface area (Å²) in [5, 5.41) is -0.263. The van der Waals surface area contributed by atoms with Gasteiger partial charge in [0.15, 0.2) is 0 Å². The average Bonchev–Trinajstić information content (AvgIpc) is 2.87. The van der Waals surface area contributed by atoms with Crippen molar-refractivity contribution in [3.8, 4) is 0 Å². The van der Waals surface area contributed by atoms with Crippen molar-refractivity contribution in [3.63, 3.8) is 0 Å². The second-order valence-electron chi connectivity index (χ2n) is 3.50. The molecule has 1 fully saturated rings. The monoisotopic (exact) mass is 240 g/mol. The van der Waals surface area contributed by atoms with Crippen molar-refractivity contribution in [2.24, 2.45) is 0 Å². The summed E-state index contributed by atoms with van der Waals surface area (Å²) in [6.07, 6.45) is 2.56. The third-order valence-electron chi connectivity index (χ3n) is 2.57. The Labute approximate surface area is 90.6 Å². The molecule has 14 heavy (non-hydrogen) atoms. The van der Waals surface area contributed by atoms with Crippen LogP contribution < -0.4 is 0 Å². The van der Waals surface area contributed by atoms with Crippen LogP contribution in [0.25, 0.3) is 0 Å². The van der Waals surface area contributed by atoms with Crippen LogP contribution in [0.2, 0.25) is 0 Å². The van der Waals surface area contributed by atoms with E-state index in [1.54, 1.807) is 0 Å². The largest absolute Gasteiger partial charge is 0.336 e. The predicted molar refractivity (Wildman–Crippen MR) is 58.2 cm³/mol. The molecular formula is C9H18ClO3P. The van der Waals surface area contributed by atoms with Crippen molar-refractivity contribution >= 4 is 19.2 Å². The Morgan fingerprint density at radius 1 is 1.29 bits per heavy atom. The quantitative estimate of drug-likeness (QED) is 0.505. The number of hydrogen-bond acceptors (Lipinski definition) is 3. The van der Waals surface area contributed by atoms with E-state index in [0.29, 0.717) is 19.1 Å². The van der Waals surface area contributed by atoms with Crippen molar-refractivity contribution < 1.29 is 13.6 Å². The predicted octanol–water partition coefficient (Wildman–Crippen LogP) is 3.41. The molecule has 0 spiro atoms. The summed E-state index contributed by atoms with van der Waals surface area (Å²) in [6.45, 7) is 4.54. The van der Waals surface area contributed by atoms with Gasteiger partial charge >= 0.3 is 7.60 Å². The first-order valence-corrected chi connectivity index (χ1v) is 7.17. The summed E-state index contributed by atoms with van der Waals surface area (Å²) in [5.41, 5.74) is 0. The Bertz CT molecular complexity index is 218. The van der Waals surface area contributed by atoms with E-state index in [1.807, 2.05) is 13.8 Å². The third kappa shape index (κ3) is 2.33. The van der Waals surface area contributed by atoms with E-state index < -0.39 is 7.60 Å². The Morgan fingerprint density at radius 3 is 2.07 bits per heavy atom. The molecule has 0 unspecified atom stereocenters. The van der Waals surface area contributed by atoms with Gasteiger partial charge in [-0.15, -0.1) is 11.6 Å². The zero-order chi connectivity index (χ0) is 10.7. The third-order valence-corrected chi connectivity index (χ3v) is 5.78. The maximum atomic E-state index is 12.4. The van der Waals surface area contributed by atoms with E-state index in [-0.39, 0.29) is 5.16 Å². The molecule has 0 heterocycles. The lowest BCUT2D eigenvalue weighted by Crippen LogP contribution is -2.15. The van der Waals surface area contributed by atoms with Crippen LogP contribution >= 0.6 is 19.2 Å². The molecule has 84 valence electrons. The van der Waals surface area contributed by atoms with Gasteiger partial charge < -0.3 is 9.05 Å². The lowest BCUT2D eigenvalue weighted by molar-refractivity contribution is 0.208. The first kappa shape index (κ1) is 12.5. The second kappa shape index (κ2) is 4.98. The van der Waals surface area contributed by atoms with E-state index >= 15 is 0 Å². The summed E-state index contributed by atoms with van der Waals surface area (Å²) in [6, 6.07) is 0. The molecule has 0 aromatic rings. The fourth-order valence-electron chi connectivity index (χ4n) is 1.63. The van der Waals surface area contributed by atoms with Crippen LogP contribution in [-0.4, -0.2) is 24.2 Å². The topological polar surface area (TPSA) is 35.5 Å². The zero-order valence-electron chi connectivity index (χ0n) is 8.79. The highest BCUT2D eigenvalue weighted by molar-refractivity contribution is 7.56. The molecule has 0 bridgehead atoms. The van der Waals surface area contributed by atoms with Crippen LogP contribution in [0.4, 0.5) is 0 Å². The van der Waals surface area contributed by atoms with Gasteiger partial charge in [-0.1, -0.05) is 0 Å². The molecule has 0 aromatic carbocycles. The van der Waals surface area contributed by atoms with Gasteiger partial charge in [0.1, 0.15) is 0 Å². The van der Waals surface area contributed by atoms with Gasteiger partial charge in [-0.05, 0) is 33.1 Å². The lowest BCUT2D eigenvalue weighted by atomic mass is 10.3. The fraction of sp³-hybridized carbons (Fsp3) is 1.00. The van der Waals surface area contributed by atoms with Gasteiger partial charge in [0.25, 0.3) is 0 Å². The molecule has 0 atom stereocenters. The summed E-state index contributed by atoms with van der Waals surface area (Å²) >= 11 is 5.70. The smallest absolute Gasteiger partial charge is 0.308 e. The zero-order valence-corrected chi connectivity index (χ0v) is 10.4. The minimum atomic E-state index is -2.91. The molecule has 0 N–H and O–H groups in total. The first-order chi connectivity index (χ1) is 6.64. The van der Waals surface area contributed by atoms with E-state index in [9.17, 15) is 4.57 Å². The number of alkyl halides is 1. The molecule has 0 saturated heterocycles. The van der Waals surface area contributed by atoms with Crippen molar-refractivity contribution in [2.45, 2.75) is 38.3 Å². The molecule has 0 aromatic heterocycles. The number of halogens is 1. The summed E-state index contributed by atoms with van der Waals surface area (Å²) < 4.78 is 23.0. The van der Waals surface area contributed by atoms with Gasteiger partial charge in [-0.3, -0.25) is 4.57 Å². The normalized spacial score (nSPS) is 19.6. The van der Waals surface area contributed by atoms with Crippen LogP contribution in [0.1, 0.15) is 33.1 Å². The summed E-state index contributed by atoms with van der Waals surface area (Å²) in [7, 11) is -2.91. The molecular weight excluding hydrogens is 223 g/mol. The van der Waals surface area contributed by atoms with Crippen LogP contribution in [0.5, 0.6) is 0 Å². The van der Waals surface area contributed by atoms with E-state index in [0.717, 1.165) is 19.3 Å². The molecule has 1 rings (SSSR count). The molecule has 0 aliphatic heterocycles. The van der Waals surface area contributed by atoms with Crippen LogP contribution in [0, 0.1) is 0 Å². The van der Waals surface area contributed by atoms with E-state index in [1.165, 1.54) is 0 Å². The minimum absolute atomic E-state index is 0.263. The summed E-state index contributed by atoms with van der Waals surface area (Å²) in [4.78, 5) is 0.